The van der Waals surface area contributed by atoms with Gasteiger partial charge in [-0.1, -0.05) is 11.6 Å². The van der Waals surface area contributed by atoms with E-state index >= 15 is 0 Å². The van der Waals surface area contributed by atoms with E-state index < -0.39 is 54.7 Å². The number of halogens is 1. The Bertz CT molecular complexity index is 1260. The number of fused-ring (bicyclic) bond motifs is 1. The predicted molar refractivity (Wildman–Crippen MR) is 136 cm³/mol. The molecule has 0 aliphatic heterocycles. The minimum atomic E-state index is -1.48. The highest BCUT2D eigenvalue weighted by Gasteiger charge is 2.37. The Morgan fingerprint density at radius 2 is 1.58 bits per heavy atom. The van der Waals surface area contributed by atoms with Crippen molar-refractivity contribution in [1.29, 1.82) is 0 Å². The quantitative estimate of drug-likeness (QED) is 0.187. The SMILES string of the molecule is CC(=O)OC[C@@H](OC(C)=O)[C@@H](OC(C)=O)[C@@H](/C=N/N(C(C)=O)c1cc(C)c2cc(Cl)ccc2n1)OC(C)=O. The van der Waals surface area contributed by atoms with Gasteiger partial charge in [-0.2, -0.15) is 10.1 Å². The van der Waals surface area contributed by atoms with Crippen LogP contribution in [0.5, 0.6) is 0 Å². The second-order valence-electron chi connectivity index (χ2n) is 8.15. The van der Waals surface area contributed by atoms with Gasteiger partial charge in [-0.25, -0.2) is 4.98 Å². The van der Waals surface area contributed by atoms with Crippen molar-refractivity contribution in [3.05, 3.63) is 34.9 Å². The van der Waals surface area contributed by atoms with E-state index in [1.54, 1.807) is 24.3 Å². The first-order valence-corrected chi connectivity index (χ1v) is 11.7. The van der Waals surface area contributed by atoms with Crippen LogP contribution < -0.4 is 5.01 Å². The number of hydrazone groups is 1. The van der Waals surface area contributed by atoms with Gasteiger partial charge in [-0.3, -0.25) is 24.0 Å². The van der Waals surface area contributed by atoms with Crippen molar-refractivity contribution in [2.75, 3.05) is 11.6 Å². The first-order chi connectivity index (χ1) is 17.8. The summed E-state index contributed by atoms with van der Waals surface area (Å²) in [7, 11) is 0. The molecule has 0 aliphatic carbocycles. The van der Waals surface area contributed by atoms with E-state index in [1.807, 2.05) is 6.92 Å². The second kappa shape index (κ2) is 13.5. The molecule has 0 fully saturated rings. The molecule has 204 valence electrons. The fourth-order valence-corrected chi connectivity index (χ4v) is 3.59. The van der Waals surface area contributed by atoms with Crippen LogP contribution in [-0.4, -0.2) is 65.9 Å². The topological polar surface area (TPSA) is 151 Å². The lowest BCUT2D eigenvalue weighted by atomic mass is 10.1. The molecule has 0 saturated carbocycles. The van der Waals surface area contributed by atoms with E-state index in [-0.39, 0.29) is 5.82 Å². The molecular formula is C25H28ClN3O9. The van der Waals surface area contributed by atoms with E-state index in [4.69, 9.17) is 30.5 Å². The Kier molecular flexibility index (Phi) is 10.7. The van der Waals surface area contributed by atoms with Gasteiger partial charge in [0.15, 0.2) is 24.1 Å². The molecule has 2 aromatic rings. The first-order valence-electron chi connectivity index (χ1n) is 11.3. The van der Waals surface area contributed by atoms with Crippen LogP contribution >= 0.6 is 11.6 Å². The zero-order valence-electron chi connectivity index (χ0n) is 21.7. The number of nitrogens with zero attached hydrogens (tertiary/aromatic N) is 3. The summed E-state index contributed by atoms with van der Waals surface area (Å²) in [4.78, 5) is 63.9. The maximum absolute atomic E-state index is 12.5. The van der Waals surface area contributed by atoms with Crippen molar-refractivity contribution >= 4 is 64.3 Å². The van der Waals surface area contributed by atoms with Crippen molar-refractivity contribution in [1.82, 2.24) is 4.98 Å². The number of carbonyl (C=O) groups excluding carboxylic acids is 5. The van der Waals surface area contributed by atoms with Crippen molar-refractivity contribution < 1.29 is 42.9 Å². The molecule has 0 bridgehead atoms. The van der Waals surface area contributed by atoms with Crippen molar-refractivity contribution in [3.8, 4) is 0 Å². The van der Waals surface area contributed by atoms with Crippen LogP contribution in [0.2, 0.25) is 5.02 Å². The van der Waals surface area contributed by atoms with Crippen LogP contribution in [0.25, 0.3) is 10.9 Å². The number of aryl methyl sites for hydroxylation is 1. The molecule has 38 heavy (non-hydrogen) atoms. The smallest absolute Gasteiger partial charge is 0.303 e. The van der Waals surface area contributed by atoms with Gasteiger partial charge in [0.2, 0.25) is 5.91 Å². The lowest BCUT2D eigenvalue weighted by molar-refractivity contribution is -0.183. The molecule has 12 nitrogen and oxygen atoms in total. The third-order valence-electron chi connectivity index (χ3n) is 4.87. The van der Waals surface area contributed by atoms with Gasteiger partial charge in [0.25, 0.3) is 0 Å². The fourth-order valence-electron chi connectivity index (χ4n) is 3.42. The molecular weight excluding hydrogens is 522 g/mol. The Morgan fingerprint density at radius 3 is 2.13 bits per heavy atom. The van der Waals surface area contributed by atoms with Crippen LogP contribution in [0, 0.1) is 6.92 Å². The molecule has 2 rings (SSSR count). The standard InChI is InChI=1S/C25H28ClN3O9/c1-13-9-24(28-21-8-7-19(26)10-20(13)21)29(14(2)30)27-11-22(36-16(4)32)25(38-18(6)34)23(37-17(5)33)12-35-15(3)31/h7-11,22-23,25H,12H2,1-6H3/b27-11+/t22-,23-,25+/m1/s1. The van der Waals surface area contributed by atoms with Gasteiger partial charge in [-0.15, -0.1) is 0 Å². The highest BCUT2D eigenvalue weighted by Crippen LogP contribution is 2.26. The number of ether oxygens (including phenoxy) is 4. The molecule has 0 aliphatic rings. The van der Waals surface area contributed by atoms with Crippen LogP contribution in [0.3, 0.4) is 0 Å². The number of aromatic nitrogens is 1. The number of rotatable bonds is 10. The lowest BCUT2D eigenvalue weighted by Crippen LogP contribution is -2.48. The number of benzene rings is 1. The summed E-state index contributed by atoms with van der Waals surface area (Å²) in [6, 6.07) is 6.70. The van der Waals surface area contributed by atoms with E-state index in [0.717, 1.165) is 49.9 Å². The number of anilines is 1. The Balaban J connectivity index is 2.54. The molecule has 0 unspecified atom stereocenters. The number of esters is 4. The van der Waals surface area contributed by atoms with Crippen LogP contribution in [0.1, 0.15) is 40.2 Å². The van der Waals surface area contributed by atoms with Gasteiger partial charge in [0.1, 0.15) is 6.61 Å². The predicted octanol–water partition coefficient (Wildman–Crippen LogP) is 2.89. The van der Waals surface area contributed by atoms with Crippen molar-refractivity contribution in [2.45, 2.75) is 59.9 Å². The lowest BCUT2D eigenvalue weighted by Gasteiger charge is -2.30. The first kappa shape index (κ1) is 30.2. The van der Waals surface area contributed by atoms with Gasteiger partial charge < -0.3 is 18.9 Å². The third kappa shape index (κ3) is 8.80. The molecule has 13 heteroatoms. The maximum atomic E-state index is 12.5. The van der Waals surface area contributed by atoms with E-state index in [9.17, 15) is 24.0 Å². The molecule has 0 N–H and O–H groups in total. The summed E-state index contributed by atoms with van der Waals surface area (Å²) < 4.78 is 20.7. The van der Waals surface area contributed by atoms with E-state index in [2.05, 4.69) is 10.1 Å². The molecule has 0 saturated heterocycles. The number of hydrogen-bond donors (Lipinski definition) is 0. The summed E-state index contributed by atoms with van der Waals surface area (Å²) in [5.41, 5.74) is 1.32. The minimum Gasteiger partial charge on any atom is -0.462 e. The largest absolute Gasteiger partial charge is 0.462 e. The van der Waals surface area contributed by atoms with Gasteiger partial charge in [-0.05, 0) is 36.8 Å². The van der Waals surface area contributed by atoms with E-state index in [1.165, 1.54) is 6.92 Å². The number of carbonyl (C=O) groups is 5. The average molecular weight is 550 g/mol. The maximum Gasteiger partial charge on any atom is 0.303 e. The zero-order chi connectivity index (χ0) is 28.6. The molecule has 0 radical (unpaired) electrons. The number of amides is 1. The zero-order valence-corrected chi connectivity index (χ0v) is 22.5. The molecule has 1 aromatic heterocycles. The Labute approximate surface area is 223 Å². The molecule has 0 spiro atoms. The molecule has 1 amide bonds. The summed E-state index contributed by atoms with van der Waals surface area (Å²) in [6.07, 6.45) is -3.28. The number of pyridine rings is 1. The van der Waals surface area contributed by atoms with Crippen molar-refractivity contribution in [3.63, 3.8) is 0 Å². The van der Waals surface area contributed by atoms with Crippen LogP contribution in [0.4, 0.5) is 5.82 Å². The minimum absolute atomic E-state index is 0.156. The van der Waals surface area contributed by atoms with Gasteiger partial charge >= 0.3 is 23.9 Å². The highest BCUT2D eigenvalue weighted by atomic mass is 35.5. The third-order valence-corrected chi connectivity index (χ3v) is 5.11. The van der Waals surface area contributed by atoms with Crippen molar-refractivity contribution in [2.24, 2.45) is 5.10 Å². The van der Waals surface area contributed by atoms with Crippen LogP contribution in [0.15, 0.2) is 29.4 Å². The molecule has 3 atom stereocenters. The summed E-state index contributed by atoms with van der Waals surface area (Å²) in [5, 5.41) is 6.40. The monoisotopic (exact) mass is 549 g/mol. The number of hydrogen-bond acceptors (Lipinski definition) is 11. The summed E-state index contributed by atoms with van der Waals surface area (Å²) in [6.45, 7) is 6.95. The van der Waals surface area contributed by atoms with E-state index in [0.29, 0.717) is 10.5 Å². The normalized spacial score (nSPS) is 13.3. The van der Waals surface area contributed by atoms with Crippen LogP contribution in [-0.2, 0) is 42.9 Å². The summed E-state index contributed by atoms with van der Waals surface area (Å²) in [5.74, 6) is -3.46. The highest BCUT2D eigenvalue weighted by molar-refractivity contribution is 6.31. The Morgan fingerprint density at radius 1 is 0.947 bits per heavy atom. The fraction of sp³-hybridized carbons (Fsp3) is 0.400. The second-order valence-corrected chi connectivity index (χ2v) is 8.59. The summed E-state index contributed by atoms with van der Waals surface area (Å²) >= 11 is 6.08. The molecule has 1 aromatic carbocycles. The Hall–Kier alpha value is -4.06. The molecule has 1 heterocycles. The average Bonchev–Trinajstić information content (AvgIpc) is 2.79. The van der Waals surface area contributed by atoms with Gasteiger partial charge in [0, 0.05) is 45.0 Å². The van der Waals surface area contributed by atoms with Gasteiger partial charge in [0.05, 0.1) is 11.7 Å².